The quantitative estimate of drug-likeness (QED) is 0.659. The first-order chi connectivity index (χ1) is 7.24. The summed E-state index contributed by atoms with van der Waals surface area (Å²) in [6, 6.07) is -0.0788. The van der Waals surface area contributed by atoms with Gasteiger partial charge in [-0.05, 0) is 19.3 Å². The second-order valence-electron chi connectivity index (χ2n) is 3.82. The lowest BCUT2D eigenvalue weighted by Gasteiger charge is -2.30. The van der Waals surface area contributed by atoms with Crippen LogP contribution >= 0.6 is 0 Å². The molecule has 0 aromatic heterocycles. The molecule has 0 aromatic rings. The van der Waals surface area contributed by atoms with E-state index in [1.54, 1.807) is 12.0 Å². The molecule has 15 heavy (non-hydrogen) atoms. The molecule has 5 nitrogen and oxygen atoms in total. The molecular weight excluding hydrogens is 196 g/mol. The van der Waals surface area contributed by atoms with E-state index in [2.05, 4.69) is 5.32 Å². The molecule has 1 heterocycles. The van der Waals surface area contributed by atoms with Gasteiger partial charge in [0.05, 0.1) is 6.10 Å². The molecule has 0 aliphatic carbocycles. The number of nitrogens with zero attached hydrogens (tertiary/aromatic N) is 1. The number of nitrogens with one attached hydrogen (secondary N) is 1. The molecule has 0 aromatic carbocycles. The number of rotatable bonds is 4. The number of piperidine rings is 1. The van der Waals surface area contributed by atoms with Gasteiger partial charge in [0.1, 0.15) is 0 Å². The van der Waals surface area contributed by atoms with Crippen LogP contribution in [0.4, 0.5) is 4.79 Å². The van der Waals surface area contributed by atoms with Crippen LogP contribution in [0.2, 0.25) is 0 Å². The van der Waals surface area contributed by atoms with E-state index >= 15 is 0 Å². The fourth-order valence-electron chi connectivity index (χ4n) is 1.66. The number of aliphatic hydroxyl groups excluding tert-OH is 1. The van der Waals surface area contributed by atoms with E-state index in [0.717, 1.165) is 25.8 Å². The molecule has 2 N–H and O–H groups in total. The number of hydrogen-bond acceptors (Lipinski definition) is 3. The number of amides is 2. The van der Waals surface area contributed by atoms with Crippen molar-refractivity contribution in [3.63, 3.8) is 0 Å². The summed E-state index contributed by atoms with van der Waals surface area (Å²) in [6.07, 6.45) is 2.14. The van der Waals surface area contributed by atoms with E-state index in [1.165, 1.54) is 0 Å². The van der Waals surface area contributed by atoms with Gasteiger partial charge in [0.2, 0.25) is 0 Å². The Bertz CT molecular complexity index is 199. The summed E-state index contributed by atoms with van der Waals surface area (Å²) in [5.41, 5.74) is 0. The number of methoxy groups -OCH3 is 1. The van der Waals surface area contributed by atoms with Crippen molar-refractivity contribution in [2.45, 2.75) is 25.4 Å². The van der Waals surface area contributed by atoms with E-state index in [0.29, 0.717) is 19.7 Å². The minimum Gasteiger partial charge on any atom is -0.391 e. The van der Waals surface area contributed by atoms with Crippen LogP contribution in [0.5, 0.6) is 0 Å². The van der Waals surface area contributed by atoms with Crippen LogP contribution in [0.25, 0.3) is 0 Å². The number of aliphatic hydroxyl groups is 1. The zero-order chi connectivity index (χ0) is 11.1. The minimum absolute atomic E-state index is 0.0788. The second kappa shape index (κ2) is 6.63. The van der Waals surface area contributed by atoms with Crippen LogP contribution in [-0.2, 0) is 4.74 Å². The number of ether oxygens (including phenoxy) is 1. The van der Waals surface area contributed by atoms with Crippen molar-refractivity contribution in [3.05, 3.63) is 0 Å². The van der Waals surface area contributed by atoms with Gasteiger partial charge in [-0.3, -0.25) is 0 Å². The Morgan fingerprint density at radius 2 is 2.47 bits per heavy atom. The van der Waals surface area contributed by atoms with Gasteiger partial charge in [0.25, 0.3) is 0 Å². The molecule has 0 spiro atoms. The van der Waals surface area contributed by atoms with Crippen LogP contribution in [-0.4, -0.2) is 55.5 Å². The van der Waals surface area contributed by atoms with E-state index in [4.69, 9.17) is 4.74 Å². The maximum atomic E-state index is 11.6. The normalized spacial score (nSPS) is 21.5. The van der Waals surface area contributed by atoms with Crippen LogP contribution in [0, 0.1) is 0 Å². The van der Waals surface area contributed by atoms with Gasteiger partial charge < -0.3 is 20.1 Å². The summed E-state index contributed by atoms with van der Waals surface area (Å²) in [7, 11) is 1.64. The van der Waals surface area contributed by atoms with E-state index in [9.17, 15) is 9.90 Å². The Hall–Kier alpha value is -0.810. The van der Waals surface area contributed by atoms with Crippen molar-refractivity contribution in [2.24, 2.45) is 0 Å². The Kier molecular flexibility index (Phi) is 5.42. The summed E-state index contributed by atoms with van der Waals surface area (Å²) in [4.78, 5) is 13.2. The second-order valence-corrected chi connectivity index (χ2v) is 3.82. The molecule has 88 valence electrons. The SMILES string of the molecule is COCCCNC(=O)N1CCCC(O)C1. The highest BCUT2D eigenvalue weighted by molar-refractivity contribution is 5.74. The third-order valence-electron chi connectivity index (χ3n) is 2.49. The maximum Gasteiger partial charge on any atom is 0.317 e. The van der Waals surface area contributed by atoms with Crippen molar-refractivity contribution < 1.29 is 14.6 Å². The zero-order valence-corrected chi connectivity index (χ0v) is 9.24. The lowest BCUT2D eigenvalue weighted by molar-refractivity contribution is 0.0840. The highest BCUT2D eigenvalue weighted by atomic mass is 16.5. The Morgan fingerprint density at radius 1 is 1.67 bits per heavy atom. The average Bonchev–Trinajstić information content (AvgIpc) is 2.24. The average molecular weight is 216 g/mol. The lowest BCUT2D eigenvalue weighted by Crippen LogP contribution is -2.47. The molecule has 1 atom stereocenters. The summed E-state index contributed by atoms with van der Waals surface area (Å²) >= 11 is 0. The van der Waals surface area contributed by atoms with Crippen LogP contribution in [0.1, 0.15) is 19.3 Å². The molecule has 1 aliphatic rings. The van der Waals surface area contributed by atoms with Crippen molar-refractivity contribution in [1.29, 1.82) is 0 Å². The summed E-state index contributed by atoms with van der Waals surface area (Å²) in [6.45, 7) is 2.48. The van der Waals surface area contributed by atoms with Crippen LogP contribution < -0.4 is 5.32 Å². The van der Waals surface area contributed by atoms with Gasteiger partial charge in [0, 0.05) is 33.4 Å². The van der Waals surface area contributed by atoms with Gasteiger partial charge in [-0.25, -0.2) is 4.79 Å². The fourth-order valence-corrected chi connectivity index (χ4v) is 1.66. The first kappa shape index (κ1) is 12.3. The third-order valence-corrected chi connectivity index (χ3v) is 2.49. The number of carbonyl (C=O) groups is 1. The van der Waals surface area contributed by atoms with E-state index in [1.807, 2.05) is 0 Å². The molecule has 0 saturated carbocycles. The first-order valence-corrected chi connectivity index (χ1v) is 5.44. The highest BCUT2D eigenvalue weighted by Crippen LogP contribution is 2.09. The van der Waals surface area contributed by atoms with Crippen molar-refractivity contribution in [3.8, 4) is 0 Å². The number of urea groups is 1. The largest absolute Gasteiger partial charge is 0.391 e. The van der Waals surface area contributed by atoms with Crippen LogP contribution in [0.3, 0.4) is 0 Å². The number of β-amino-alcohol motifs (C(OH)–C–C–N with tert-alkyl or cyclic N) is 1. The smallest absolute Gasteiger partial charge is 0.317 e. The molecule has 0 bridgehead atoms. The topological polar surface area (TPSA) is 61.8 Å². The predicted octanol–water partition coefficient (Wildman–Crippen LogP) is 0.189. The Morgan fingerprint density at radius 3 is 3.13 bits per heavy atom. The third kappa shape index (κ3) is 4.48. The summed E-state index contributed by atoms with van der Waals surface area (Å²) in [5.74, 6) is 0. The molecule has 2 amide bonds. The van der Waals surface area contributed by atoms with Gasteiger partial charge in [-0.2, -0.15) is 0 Å². The molecule has 1 aliphatic heterocycles. The molecule has 1 unspecified atom stereocenters. The van der Waals surface area contributed by atoms with Crippen LogP contribution in [0.15, 0.2) is 0 Å². The standard InChI is InChI=1S/C10H20N2O3/c1-15-7-3-5-11-10(14)12-6-2-4-9(13)8-12/h9,13H,2-8H2,1H3,(H,11,14). The van der Waals surface area contributed by atoms with Crippen molar-refractivity contribution in [1.82, 2.24) is 10.2 Å². The van der Waals surface area contributed by atoms with Gasteiger partial charge in [-0.1, -0.05) is 0 Å². The first-order valence-electron chi connectivity index (χ1n) is 5.44. The Balaban J connectivity index is 2.15. The Labute approximate surface area is 90.4 Å². The molecule has 0 radical (unpaired) electrons. The van der Waals surface area contributed by atoms with Gasteiger partial charge in [0.15, 0.2) is 0 Å². The summed E-state index contributed by atoms with van der Waals surface area (Å²) in [5, 5.41) is 12.2. The van der Waals surface area contributed by atoms with Crippen molar-refractivity contribution >= 4 is 6.03 Å². The number of hydrogen-bond donors (Lipinski definition) is 2. The monoisotopic (exact) mass is 216 g/mol. The number of carbonyl (C=O) groups excluding carboxylic acids is 1. The molecule has 1 fully saturated rings. The van der Waals surface area contributed by atoms with Gasteiger partial charge in [-0.15, -0.1) is 0 Å². The molecule has 5 heteroatoms. The lowest BCUT2D eigenvalue weighted by atomic mass is 10.1. The zero-order valence-electron chi connectivity index (χ0n) is 9.24. The van der Waals surface area contributed by atoms with Crippen molar-refractivity contribution in [2.75, 3.05) is 33.4 Å². The highest BCUT2D eigenvalue weighted by Gasteiger charge is 2.21. The molecule has 1 rings (SSSR count). The van der Waals surface area contributed by atoms with E-state index in [-0.39, 0.29) is 12.1 Å². The molecular formula is C10H20N2O3. The fraction of sp³-hybridized carbons (Fsp3) is 0.900. The number of likely N-dealkylation sites (tertiary alicyclic amines) is 1. The predicted molar refractivity (Wildman–Crippen MR) is 56.7 cm³/mol. The maximum absolute atomic E-state index is 11.6. The minimum atomic E-state index is -0.358. The van der Waals surface area contributed by atoms with Gasteiger partial charge >= 0.3 is 6.03 Å². The summed E-state index contributed by atoms with van der Waals surface area (Å²) < 4.78 is 4.88. The molecule has 1 saturated heterocycles. The van der Waals surface area contributed by atoms with E-state index < -0.39 is 0 Å².